The highest BCUT2D eigenvalue weighted by Crippen LogP contribution is 2.44. The van der Waals surface area contributed by atoms with Crippen LogP contribution in [0.4, 0.5) is 4.39 Å². The van der Waals surface area contributed by atoms with E-state index in [4.69, 9.17) is 23.7 Å². The Morgan fingerprint density at radius 3 is 2.58 bits per heavy atom. The molecule has 0 radical (unpaired) electrons. The van der Waals surface area contributed by atoms with E-state index < -0.39 is 6.10 Å². The zero-order valence-electron chi connectivity index (χ0n) is 22.2. The lowest BCUT2D eigenvalue weighted by molar-refractivity contribution is -0.141. The van der Waals surface area contributed by atoms with Crippen LogP contribution in [0, 0.1) is 5.82 Å². The average molecular weight is 548 g/mol. The van der Waals surface area contributed by atoms with Gasteiger partial charge in [0.2, 0.25) is 0 Å². The predicted molar refractivity (Wildman–Crippen MR) is 143 cm³/mol. The summed E-state index contributed by atoms with van der Waals surface area (Å²) in [7, 11) is 1.37. The molecule has 0 aromatic heterocycles. The van der Waals surface area contributed by atoms with Gasteiger partial charge >= 0.3 is 5.97 Å². The first-order valence-corrected chi connectivity index (χ1v) is 13.5. The molecule has 1 aliphatic carbocycles. The van der Waals surface area contributed by atoms with Crippen molar-refractivity contribution in [2.24, 2.45) is 0 Å². The predicted octanol–water partition coefficient (Wildman–Crippen LogP) is 5.20. The molecule has 0 N–H and O–H groups in total. The SMILES string of the molecule is COC(=O)CC1COc2cc(O[C@H]3CCc4c(Oc5ccc(C(=O)N6CCOCC6)cc5)ccc(F)c43)ccc21. The van der Waals surface area contributed by atoms with E-state index in [0.29, 0.717) is 79.9 Å². The van der Waals surface area contributed by atoms with E-state index in [9.17, 15) is 9.59 Å². The Morgan fingerprint density at radius 1 is 1.02 bits per heavy atom. The topological polar surface area (TPSA) is 83.5 Å². The Balaban J connectivity index is 1.15. The lowest BCUT2D eigenvalue weighted by Gasteiger charge is -2.26. The molecule has 1 saturated heterocycles. The number of halogens is 1. The molecule has 6 rings (SSSR count). The Bertz CT molecular complexity index is 1420. The van der Waals surface area contributed by atoms with Crippen LogP contribution in [0.1, 0.15) is 51.9 Å². The molecule has 0 spiro atoms. The van der Waals surface area contributed by atoms with Crippen LogP contribution >= 0.6 is 0 Å². The third-order valence-corrected chi connectivity index (χ3v) is 7.65. The van der Waals surface area contributed by atoms with E-state index in [-0.39, 0.29) is 30.0 Å². The van der Waals surface area contributed by atoms with Crippen molar-refractivity contribution in [1.82, 2.24) is 4.90 Å². The summed E-state index contributed by atoms with van der Waals surface area (Å²) in [6.45, 7) is 2.65. The molecule has 1 amide bonds. The molecule has 3 aromatic rings. The van der Waals surface area contributed by atoms with Crippen molar-refractivity contribution in [2.75, 3.05) is 40.0 Å². The van der Waals surface area contributed by atoms with Crippen LogP contribution in [0.5, 0.6) is 23.0 Å². The lowest BCUT2D eigenvalue weighted by Crippen LogP contribution is -2.40. The van der Waals surface area contributed by atoms with Crippen LogP contribution in [0.15, 0.2) is 54.6 Å². The molecular weight excluding hydrogens is 517 g/mol. The number of amides is 1. The summed E-state index contributed by atoms with van der Waals surface area (Å²) in [6.07, 6.45) is 0.976. The molecule has 1 fully saturated rings. The highest BCUT2D eigenvalue weighted by atomic mass is 19.1. The molecular formula is C31H30FNO7. The van der Waals surface area contributed by atoms with Gasteiger partial charge in [0.25, 0.3) is 5.91 Å². The van der Waals surface area contributed by atoms with Crippen LogP contribution in [0.25, 0.3) is 0 Å². The molecule has 2 atom stereocenters. The number of hydrogen-bond donors (Lipinski definition) is 0. The van der Waals surface area contributed by atoms with Gasteiger partial charge in [-0.05, 0) is 55.3 Å². The summed E-state index contributed by atoms with van der Waals surface area (Å²) in [5.74, 6) is 1.65. The standard InChI is InChI=1S/C31H30FNO7/c1-36-29(34)16-20-18-38-28-17-22(6-7-23(20)28)40-27-10-8-24-26(11-9-25(32)30(24)27)39-21-4-2-19(3-5-21)31(35)33-12-14-37-15-13-33/h2-7,9,11,17,20,27H,8,10,12-16,18H2,1H3/t20?,27-/m0/s1. The Kier molecular flexibility index (Phi) is 7.30. The van der Waals surface area contributed by atoms with Gasteiger partial charge in [-0.1, -0.05) is 6.07 Å². The number of nitrogens with zero attached hydrogens (tertiary/aromatic N) is 1. The van der Waals surface area contributed by atoms with Crippen LogP contribution < -0.4 is 14.2 Å². The van der Waals surface area contributed by atoms with Crippen molar-refractivity contribution in [2.45, 2.75) is 31.3 Å². The Hall–Kier alpha value is -4.11. The van der Waals surface area contributed by atoms with Gasteiger partial charge in [0.1, 0.15) is 34.9 Å². The van der Waals surface area contributed by atoms with E-state index in [1.807, 2.05) is 12.1 Å². The van der Waals surface area contributed by atoms with Gasteiger partial charge in [0.05, 0.1) is 33.4 Å². The molecule has 3 aromatic carbocycles. The van der Waals surface area contributed by atoms with Crippen LogP contribution in [-0.2, 0) is 20.7 Å². The lowest BCUT2D eigenvalue weighted by atomic mass is 9.98. The second-order valence-electron chi connectivity index (χ2n) is 10.1. The zero-order valence-corrected chi connectivity index (χ0v) is 22.2. The number of esters is 1. The summed E-state index contributed by atoms with van der Waals surface area (Å²) in [5.41, 5.74) is 2.78. The maximum atomic E-state index is 15.1. The van der Waals surface area contributed by atoms with Gasteiger partial charge in [-0.3, -0.25) is 9.59 Å². The van der Waals surface area contributed by atoms with Crippen molar-refractivity contribution in [3.8, 4) is 23.0 Å². The Morgan fingerprint density at radius 2 is 1.80 bits per heavy atom. The minimum atomic E-state index is -0.475. The maximum absolute atomic E-state index is 15.1. The fraction of sp³-hybridized carbons (Fsp3) is 0.355. The minimum absolute atomic E-state index is 0.0338. The van der Waals surface area contributed by atoms with Crippen molar-refractivity contribution < 1.29 is 37.7 Å². The van der Waals surface area contributed by atoms with Crippen LogP contribution in [0.3, 0.4) is 0 Å². The monoisotopic (exact) mass is 547 g/mol. The third-order valence-electron chi connectivity index (χ3n) is 7.65. The van der Waals surface area contributed by atoms with E-state index in [2.05, 4.69) is 0 Å². The number of methoxy groups -OCH3 is 1. The van der Waals surface area contributed by atoms with Crippen molar-refractivity contribution in [3.63, 3.8) is 0 Å². The van der Waals surface area contributed by atoms with Gasteiger partial charge in [0.15, 0.2) is 0 Å². The summed E-state index contributed by atoms with van der Waals surface area (Å²) in [6, 6.07) is 15.5. The van der Waals surface area contributed by atoms with Gasteiger partial charge in [-0.25, -0.2) is 4.39 Å². The van der Waals surface area contributed by atoms with Crippen LogP contribution in [0.2, 0.25) is 0 Å². The molecule has 2 aliphatic heterocycles. The smallest absolute Gasteiger partial charge is 0.306 e. The molecule has 3 aliphatic rings. The summed E-state index contributed by atoms with van der Waals surface area (Å²) >= 11 is 0. The largest absolute Gasteiger partial charge is 0.492 e. The van der Waals surface area contributed by atoms with Gasteiger partial charge in [0, 0.05) is 47.3 Å². The first kappa shape index (κ1) is 26.1. The molecule has 208 valence electrons. The second kappa shape index (κ2) is 11.2. The van der Waals surface area contributed by atoms with Crippen molar-refractivity contribution in [1.29, 1.82) is 0 Å². The number of morpholine rings is 1. The number of carbonyl (C=O) groups is 2. The number of carbonyl (C=O) groups excluding carboxylic acids is 2. The van der Waals surface area contributed by atoms with Gasteiger partial charge < -0.3 is 28.6 Å². The highest BCUT2D eigenvalue weighted by Gasteiger charge is 2.32. The average Bonchev–Trinajstić information content (AvgIpc) is 3.59. The molecule has 8 nitrogen and oxygen atoms in total. The summed E-state index contributed by atoms with van der Waals surface area (Å²) in [5, 5.41) is 0. The van der Waals surface area contributed by atoms with E-state index >= 15 is 4.39 Å². The number of rotatable bonds is 7. The molecule has 2 heterocycles. The number of hydrogen-bond acceptors (Lipinski definition) is 7. The zero-order chi connectivity index (χ0) is 27.6. The molecule has 1 unspecified atom stereocenters. The fourth-order valence-corrected chi connectivity index (χ4v) is 5.54. The highest BCUT2D eigenvalue weighted by molar-refractivity contribution is 5.94. The minimum Gasteiger partial charge on any atom is -0.492 e. The number of fused-ring (bicyclic) bond motifs is 2. The quantitative estimate of drug-likeness (QED) is 0.376. The Labute approximate surface area is 231 Å². The summed E-state index contributed by atoms with van der Waals surface area (Å²) in [4.78, 5) is 26.2. The maximum Gasteiger partial charge on any atom is 0.306 e. The first-order valence-electron chi connectivity index (χ1n) is 13.5. The number of ether oxygens (including phenoxy) is 5. The van der Waals surface area contributed by atoms with Crippen molar-refractivity contribution in [3.05, 3.63) is 82.7 Å². The van der Waals surface area contributed by atoms with Crippen LogP contribution in [-0.4, -0.2) is 56.8 Å². The second-order valence-corrected chi connectivity index (χ2v) is 10.1. The summed E-state index contributed by atoms with van der Waals surface area (Å²) < 4.78 is 43.3. The van der Waals surface area contributed by atoms with Gasteiger partial charge in [-0.2, -0.15) is 0 Å². The molecule has 9 heteroatoms. The first-order chi connectivity index (χ1) is 19.5. The van der Waals surface area contributed by atoms with E-state index in [0.717, 1.165) is 11.1 Å². The van der Waals surface area contributed by atoms with Gasteiger partial charge in [-0.15, -0.1) is 0 Å². The number of benzene rings is 3. The van der Waals surface area contributed by atoms with Crippen molar-refractivity contribution >= 4 is 11.9 Å². The van der Waals surface area contributed by atoms with E-state index in [1.165, 1.54) is 13.2 Å². The normalized spacial score (nSPS) is 19.4. The third kappa shape index (κ3) is 5.21. The molecule has 40 heavy (non-hydrogen) atoms. The fourth-order valence-electron chi connectivity index (χ4n) is 5.54. The molecule has 0 saturated carbocycles. The van der Waals surface area contributed by atoms with E-state index in [1.54, 1.807) is 41.3 Å². The molecule has 0 bridgehead atoms.